The molecule has 0 aromatic heterocycles. The van der Waals surface area contributed by atoms with Crippen molar-refractivity contribution in [3.63, 3.8) is 0 Å². The lowest BCUT2D eigenvalue weighted by Crippen LogP contribution is -2.39. The highest BCUT2D eigenvalue weighted by Crippen LogP contribution is 2.29. The van der Waals surface area contributed by atoms with Crippen molar-refractivity contribution in [3.05, 3.63) is 41.6 Å². The van der Waals surface area contributed by atoms with Gasteiger partial charge in [0.1, 0.15) is 5.78 Å². The normalized spacial score (nSPS) is 16.0. The summed E-state index contributed by atoms with van der Waals surface area (Å²) in [5.41, 5.74) is 7.07. The van der Waals surface area contributed by atoms with Crippen molar-refractivity contribution in [3.8, 4) is 0 Å². The number of Topliss-reactive ketones (excluding diaryl/α,β-unsaturated/α-hetero) is 1. The second-order valence-electron chi connectivity index (χ2n) is 7.85. The topological polar surface area (TPSA) is 87.3 Å². The van der Waals surface area contributed by atoms with E-state index in [0.29, 0.717) is 36.2 Å². The van der Waals surface area contributed by atoms with E-state index in [1.165, 1.54) is 0 Å². The molecule has 6 nitrogen and oxygen atoms in total. The van der Waals surface area contributed by atoms with E-state index in [0.717, 1.165) is 0 Å². The van der Waals surface area contributed by atoms with Crippen molar-refractivity contribution in [2.75, 3.05) is 5.32 Å². The molecule has 0 fully saturated rings. The third-order valence-electron chi connectivity index (χ3n) is 3.97. The van der Waals surface area contributed by atoms with Crippen LogP contribution in [0.1, 0.15) is 57.3 Å². The highest BCUT2D eigenvalue weighted by molar-refractivity contribution is 5.95. The molecular weight excluding hydrogens is 330 g/mol. The summed E-state index contributed by atoms with van der Waals surface area (Å²) in [5, 5.41) is 2.80. The van der Waals surface area contributed by atoms with E-state index in [1.54, 1.807) is 24.3 Å². The fourth-order valence-electron chi connectivity index (χ4n) is 2.93. The lowest BCUT2D eigenvalue weighted by atomic mass is 9.81. The van der Waals surface area contributed by atoms with Gasteiger partial charge in [-0.25, -0.2) is 0 Å². The van der Waals surface area contributed by atoms with Gasteiger partial charge in [-0.05, 0) is 35.6 Å². The smallest absolute Gasteiger partial charge is 0.269 e. The van der Waals surface area contributed by atoms with Crippen molar-refractivity contribution in [2.24, 2.45) is 11.3 Å². The first-order valence-corrected chi connectivity index (χ1v) is 8.84. The summed E-state index contributed by atoms with van der Waals surface area (Å²) >= 11 is 0. The van der Waals surface area contributed by atoms with Gasteiger partial charge in [-0.15, -0.1) is 0 Å². The number of benzene rings is 1. The molecule has 0 radical (unpaired) electrons. The van der Waals surface area contributed by atoms with Crippen LogP contribution >= 0.6 is 0 Å². The number of hydrogen-bond donors (Lipinski definition) is 3. The summed E-state index contributed by atoms with van der Waals surface area (Å²) in [6.07, 6.45) is 3.24. The van der Waals surface area contributed by atoms with E-state index in [-0.39, 0.29) is 28.9 Å². The van der Waals surface area contributed by atoms with Crippen LogP contribution in [-0.4, -0.2) is 17.6 Å². The van der Waals surface area contributed by atoms with Gasteiger partial charge in [-0.3, -0.25) is 19.8 Å². The van der Waals surface area contributed by atoms with Crippen LogP contribution in [0.4, 0.5) is 5.69 Å². The molecule has 0 aliphatic heterocycles. The molecule has 0 saturated heterocycles. The van der Waals surface area contributed by atoms with Gasteiger partial charge in [-0.2, -0.15) is 0 Å². The third kappa shape index (κ3) is 6.02. The lowest BCUT2D eigenvalue weighted by Gasteiger charge is -2.27. The first-order valence-electron chi connectivity index (χ1n) is 8.84. The lowest BCUT2D eigenvalue weighted by molar-refractivity contribution is -0.120. The number of hydrogen-bond acceptors (Lipinski definition) is 4. The Morgan fingerprint density at radius 1 is 1.15 bits per heavy atom. The van der Waals surface area contributed by atoms with Crippen LogP contribution < -0.4 is 16.2 Å². The van der Waals surface area contributed by atoms with Crippen LogP contribution in [-0.2, 0) is 9.59 Å². The first-order chi connectivity index (χ1) is 12.1. The second kappa shape index (κ2) is 8.17. The number of carbonyl (C=O) groups is 3. The number of carbonyl (C=O) groups excluding carboxylic acids is 3. The van der Waals surface area contributed by atoms with Gasteiger partial charge in [0, 0.05) is 36.2 Å². The molecule has 26 heavy (non-hydrogen) atoms. The van der Waals surface area contributed by atoms with Gasteiger partial charge in [-0.1, -0.05) is 33.8 Å². The molecule has 0 saturated carbocycles. The monoisotopic (exact) mass is 357 g/mol. The molecule has 0 spiro atoms. The number of allylic oxidation sites excluding steroid dienone is 2. The summed E-state index contributed by atoms with van der Waals surface area (Å²) in [7, 11) is 0. The van der Waals surface area contributed by atoms with Crippen molar-refractivity contribution >= 4 is 23.3 Å². The predicted molar refractivity (Wildman–Crippen MR) is 101 cm³/mol. The highest BCUT2D eigenvalue weighted by atomic mass is 16.2. The van der Waals surface area contributed by atoms with Crippen LogP contribution in [0.15, 0.2) is 36.0 Å². The number of nitrogens with one attached hydrogen (secondary N) is 3. The Morgan fingerprint density at radius 2 is 1.81 bits per heavy atom. The van der Waals surface area contributed by atoms with E-state index in [9.17, 15) is 14.4 Å². The zero-order valence-corrected chi connectivity index (χ0v) is 15.8. The minimum atomic E-state index is -0.304. The Morgan fingerprint density at radius 3 is 2.38 bits per heavy atom. The van der Waals surface area contributed by atoms with E-state index in [4.69, 9.17) is 0 Å². The molecule has 2 amide bonds. The molecule has 0 atom stereocenters. The summed E-state index contributed by atoms with van der Waals surface area (Å²) in [6.45, 7) is 7.94. The molecule has 3 N–H and O–H groups in total. The van der Waals surface area contributed by atoms with Crippen LogP contribution in [0.3, 0.4) is 0 Å². The summed E-state index contributed by atoms with van der Waals surface area (Å²) in [4.78, 5) is 35.8. The van der Waals surface area contributed by atoms with E-state index >= 15 is 0 Å². The summed E-state index contributed by atoms with van der Waals surface area (Å²) < 4.78 is 0. The van der Waals surface area contributed by atoms with Gasteiger partial charge in [0.25, 0.3) is 5.91 Å². The summed E-state index contributed by atoms with van der Waals surface area (Å²) in [6, 6.07) is 6.68. The van der Waals surface area contributed by atoms with Gasteiger partial charge < -0.3 is 10.7 Å². The Hall–Kier alpha value is -2.63. The minimum absolute atomic E-state index is 0.0459. The molecule has 0 bridgehead atoms. The second-order valence-corrected chi connectivity index (χ2v) is 7.85. The zero-order chi connectivity index (χ0) is 19.3. The Labute approximate surface area is 154 Å². The predicted octanol–water partition coefficient (Wildman–Crippen LogP) is 3.18. The minimum Gasteiger partial charge on any atom is -0.326 e. The van der Waals surface area contributed by atoms with Crippen LogP contribution in [0.5, 0.6) is 0 Å². The van der Waals surface area contributed by atoms with Crippen molar-refractivity contribution in [2.45, 2.75) is 47.0 Å². The quantitative estimate of drug-likeness (QED) is 0.683. The van der Waals surface area contributed by atoms with Crippen LogP contribution in [0.2, 0.25) is 0 Å². The molecule has 140 valence electrons. The Balaban J connectivity index is 1.91. The molecule has 0 unspecified atom stereocenters. The van der Waals surface area contributed by atoms with Gasteiger partial charge in [0.15, 0.2) is 0 Å². The number of ketones is 1. The van der Waals surface area contributed by atoms with Crippen LogP contribution in [0, 0.1) is 11.3 Å². The van der Waals surface area contributed by atoms with Crippen LogP contribution in [0.25, 0.3) is 0 Å². The molecule has 1 aromatic rings. The first kappa shape index (κ1) is 19.7. The van der Waals surface area contributed by atoms with Gasteiger partial charge in [0.05, 0.1) is 0 Å². The largest absolute Gasteiger partial charge is 0.326 e. The van der Waals surface area contributed by atoms with Crippen molar-refractivity contribution in [1.29, 1.82) is 0 Å². The zero-order valence-electron chi connectivity index (χ0n) is 15.8. The maximum absolute atomic E-state index is 12.2. The Kier molecular flexibility index (Phi) is 6.18. The number of anilines is 1. The van der Waals surface area contributed by atoms with E-state index < -0.39 is 0 Å². The molecule has 1 aliphatic carbocycles. The number of rotatable bonds is 6. The molecule has 0 heterocycles. The summed E-state index contributed by atoms with van der Waals surface area (Å²) in [5.74, 6) is 0.0880. The third-order valence-corrected chi connectivity index (χ3v) is 3.97. The molecule has 6 heteroatoms. The van der Waals surface area contributed by atoms with Gasteiger partial charge >= 0.3 is 0 Å². The SMILES string of the molecule is CC(C)CC(=O)Nc1ccc(C(=O)NNC2=CC(C)(C)CC(=O)C2)cc1. The fourth-order valence-corrected chi connectivity index (χ4v) is 2.93. The molecular formula is C20H27N3O3. The standard InChI is InChI=1S/C20H27N3O3/c1-13(2)9-18(25)21-15-7-5-14(6-8-15)19(26)23-22-16-10-17(24)12-20(3,4)11-16/h5-8,11,13,22H,9-10,12H2,1-4H3,(H,21,25)(H,23,26). The fraction of sp³-hybridized carbons (Fsp3) is 0.450. The Bertz CT molecular complexity index is 718. The molecule has 1 aromatic carbocycles. The van der Waals surface area contributed by atoms with E-state index in [2.05, 4.69) is 16.2 Å². The van der Waals surface area contributed by atoms with Crippen molar-refractivity contribution in [1.82, 2.24) is 10.9 Å². The highest BCUT2D eigenvalue weighted by Gasteiger charge is 2.26. The van der Waals surface area contributed by atoms with E-state index in [1.807, 2.05) is 33.8 Å². The maximum atomic E-state index is 12.2. The number of amides is 2. The average molecular weight is 357 g/mol. The average Bonchev–Trinajstić information content (AvgIpc) is 2.50. The maximum Gasteiger partial charge on any atom is 0.269 e. The molecule has 2 rings (SSSR count). The van der Waals surface area contributed by atoms with Gasteiger partial charge in [0.2, 0.25) is 5.91 Å². The number of hydrazine groups is 1. The van der Waals surface area contributed by atoms with Crippen molar-refractivity contribution < 1.29 is 14.4 Å². The molecule has 1 aliphatic rings.